The molecule has 2 heterocycles. The van der Waals surface area contributed by atoms with Gasteiger partial charge >= 0.3 is 0 Å². The van der Waals surface area contributed by atoms with E-state index in [1.807, 2.05) is 56.9 Å². The predicted molar refractivity (Wildman–Crippen MR) is 111 cm³/mol. The van der Waals surface area contributed by atoms with Crippen LogP contribution in [-0.2, 0) is 10.2 Å². The van der Waals surface area contributed by atoms with Crippen LogP contribution in [0.2, 0.25) is 0 Å². The smallest absolute Gasteiger partial charge is 0.237 e. The summed E-state index contributed by atoms with van der Waals surface area (Å²) in [5.74, 6) is 1.57. The van der Waals surface area contributed by atoms with Crippen molar-refractivity contribution in [3.05, 3.63) is 35.4 Å². The fraction of sp³-hybridized carbons (Fsp3) is 0.333. The highest BCUT2D eigenvalue weighted by atomic mass is 32.1. The van der Waals surface area contributed by atoms with Crippen LogP contribution in [0, 0.1) is 6.92 Å². The second-order valence-electron chi connectivity index (χ2n) is 7.46. The molecule has 5 nitrogen and oxygen atoms in total. The van der Waals surface area contributed by atoms with Gasteiger partial charge < -0.3 is 14.6 Å². The quantitative estimate of drug-likeness (QED) is 0.658. The number of carbonyl (C=O) groups excluding carboxylic acids is 1. The Morgan fingerprint density at radius 1 is 1.30 bits per heavy atom. The molecule has 6 heteroatoms. The van der Waals surface area contributed by atoms with Gasteiger partial charge in [-0.1, -0.05) is 6.07 Å². The van der Waals surface area contributed by atoms with Crippen LogP contribution in [0.1, 0.15) is 31.9 Å². The molecule has 0 bridgehead atoms. The van der Waals surface area contributed by atoms with E-state index in [9.17, 15) is 4.79 Å². The number of hydrogen-bond donors (Lipinski definition) is 2. The number of likely N-dealkylation sites (N-methyl/N-ethyl adjacent to an activating group) is 1. The Hall–Kier alpha value is -2.47. The Balaban J connectivity index is 1.92. The van der Waals surface area contributed by atoms with Crippen molar-refractivity contribution in [2.45, 2.75) is 38.0 Å². The van der Waals surface area contributed by atoms with E-state index < -0.39 is 5.41 Å². The predicted octanol–water partition coefficient (Wildman–Crippen LogP) is 4.48. The van der Waals surface area contributed by atoms with Crippen LogP contribution in [0.4, 0.5) is 5.69 Å². The normalized spacial score (nSPS) is 15.5. The Kier molecular flexibility index (Phi) is 4.00. The van der Waals surface area contributed by atoms with Gasteiger partial charge in [0, 0.05) is 11.4 Å². The average molecular weight is 382 g/mol. The maximum Gasteiger partial charge on any atom is 0.237 e. The van der Waals surface area contributed by atoms with E-state index in [0.717, 1.165) is 44.1 Å². The fourth-order valence-corrected chi connectivity index (χ4v) is 4.12. The highest BCUT2D eigenvalue weighted by Crippen LogP contribution is 2.44. The molecule has 2 aromatic carbocycles. The van der Waals surface area contributed by atoms with Crippen molar-refractivity contribution >= 4 is 35.3 Å². The maximum atomic E-state index is 12.7. The number of rotatable bonds is 3. The van der Waals surface area contributed by atoms with Gasteiger partial charge in [0.2, 0.25) is 5.91 Å². The lowest BCUT2D eigenvalue weighted by Gasteiger charge is -2.18. The molecule has 4 rings (SSSR count). The molecule has 140 valence electrons. The highest BCUT2D eigenvalue weighted by Gasteiger charge is 2.43. The van der Waals surface area contributed by atoms with Gasteiger partial charge in [0.1, 0.15) is 11.6 Å². The molecule has 0 saturated carbocycles. The Morgan fingerprint density at radius 2 is 2.04 bits per heavy atom. The number of methoxy groups -OCH3 is 1. The van der Waals surface area contributed by atoms with Crippen molar-refractivity contribution in [2.75, 3.05) is 18.6 Å². The first-order chi connectivity index (χ1) is 12.8. The summed E-state index contributed by atoms with van der Waals surface area (Å²) < 4.78 is 5.58. The van der Waals surface area contributed by atoms with Gasteiger partial charge in [0.05, 0.1) is 34.8 Å². The third-order valence-electron chi connectivity index (χ3n) is 5.45. The lowest BCUT2D eigenvalue weighted by atomic mass is 9.86. The zero-order valence-electron chi connectivity index (χ0n) is 16.2. The molecule has 3 aromatic rings. The van der Waals surface area contributed by atoms with Gasteiger partial charge in [-0.05, 0) is 57.0 Å². The van der Waals surface area contributed by atoms with Gasteiger partial charge in [-0.15, -0.1) is 12.6 Å². The van der Waals surface area contributed by atoms with Crippen LogP contribution >= 0.6 is 12.6 Å². The molecule has 0 atom stereocenters. The Morgan fingerprint density at radius 3 is 2.70 bits per heavy atom. The Bertz CT molecular complexity index is 1080. The molecule has 1 aromatic heterocycles. The molecule has 0 unspecified atom stereocenters. The van der Waals surface area contributed by atoms with Crippen molar-refractivity contribution in [3.8, 4) is 17.1 Å². The van der Waals surface area contributed by atoms with E-state index in [4.69, 9.17) is 9.72 Å². The number of imidazole rings is 1. The molecule has 0 aliphatic carbocycles. The summed E-state index contributed by atoms with van der Waals surface area (Å²) in [5.41, 5.74) is 5.09. The monoisotopic (exact) mass is 381 g/mol. The summed E-state index contributed by atoms with van der Waals surface area (Å²) in [5, 5.41) is 0. The van der Waals surface area contributed by atoms with Crippen LogP contribution in [0.15, 0.2) is 29.2 Å². The van der Waals surface area contributed by atoms with Crippen LogP contribution in [-0.4, -0.2) is 29.5 Å². The minimum atomic E-state index is -0.543. The van der Waals surface area contributed by atoms with Crippen molar-refractivity contribution < 1.29 is 9.53 Å². The summed E-state index contributed by atoms with van der Waals surface area (Å²) in [7, 11) is 1.64. The number of hydrogen-bond acceptors (Lipinski definition) is 4. The van der Waals surface area contributed by atoms with E-state index in [0.29, 0.717) is 12.3 Å². The second kappa shape index (κ2) is 6.02. The van der Waals surface area contributed by atoms with E-state index in [1.54, 1.807) is 7.11 Å². The largest absolute Gasteiger partial charge is 0.495 e. The number of fused-ring (bicyclic) bond motifs is 2. The second-order valence-corrected chi connectivity index (χ2v) is 7.91. The summed E-state index contributed by atoms with van der Waals surface area (Å²) in [4.78, 5) is 23.5. The van der Waals surface area contributed by atoms with Gasteiger partial charge in [-0.25, -0.2) is 4.98 Å². The highest BCUT2D eigenvalue weighted by molar-refractivity contribution is 7.80. The average Bonchev–Trinajstić information content (AvgIpc) is 3.13. The summed E-state index contributed by atoms with van der Waals surface area (Å²) in [6, 6.07) is 8.05. The number of thiol groups is 1. The van der Waals surface area contributed by atoms with E-state index in [-0.39, 0.29) is 5.91 Å². The first kappa shape index (κ1) is 17.9. The number of aromatic nitrogens is 2. The number of anilines is 1. The summed E-state index contributed by atoms with van der Waals surface area (Å²) >= 11 is 4.58. The number of benzene rings is 2. The topological polar surface area (TPSA) is 58.2 Å². The zero-order chi connectivity index (χ0) is 19.5. The number of carbonyl (C=O) groups is 1. The van der Waals surface area contributed by atoms with E-state index in [2.05, 4.69) is 17.6 Å². The lowest BCUT2D eigenvalue weighted by molar-refractivity contribution is -0.122. The van der Waals surface area contributed by atoms with E-state index >= 15 is 0 Å². The number of aromatic amines is 1. The molecule has 0 spiro atoms. The molecule has 1 N–H and O–H groups in total. The van der Waals surface area contributed by atoms with Crippen molar-refractivity contribution in [1.82, 2.24) is 9.97 Å². The van der Waals surface area contributed by atoms with E-state index in [1.165, 1.54) is 0 Å². The number of amides is 1. The molecule has 1 aliphatic rings. The third-order valence-corrected chi connectivity index (χ3v) is 6.01. The molecule has 0 fully saturated rings. The molecule has 1 amide bonds. The van der Waals surface area contributed by atoms with Gasteiger partial charge in [-0.3, -0.25) is 4.79 Å². The van der Waals surface area contributed by atoms with Gasteiger partial charge in [-0.2, -0.15) is 0 Å². The minimum Gasteiger partial charge on any atom is -0.495 e. The van der Waals surface area contributed by atoms with Crippen molar-refractivity contribution in [1.29, 1.82) is 0 Å². The summed E-state index contributed by atoms with van der Waals surface area (Å²) in [6.45, 7) is 8.59. The maximum absolute atomic E-state index is 12.7. The standard InChI is InChI=1S/C21H23N3O2S/c1-6-24-16-10-15-14(9-13(16)21(3,4)20(24)25)22-19(23-15)12-8-7-11(2)18(27)17(12)26-5/h7-10,27H,6H2,1-5H3,(H,22,23). The molecule has 0 radical (unpaired) electrons. The first-order valence-electron chi connectivity index (χ1n) is 9.02. The lowest BCUT2D eigenvalue weighted by Crippen LogP contribution is -2.35. The number of nitrogens with zero attached hydrogens (tertiary/aromatic N) is 2. The minimum absolute atomic E-state index is 0.132. The number of ether oxygens (including phenoxy) is 1. The van der Waals surface area contributed by atoms with Crippen LogP contribution < -0.4 is 9.64 Å². The fourth-order valence-electron chi connectivity index (χ4n) is 3.84. The van der Waals surface area contributed by atoms with Crippen molar-refractivity contribution in [2.24, 2.45) is 0 Å². The van der Waals surface area contributed by atoms with Gasteiger partial charge in [0.15, 0.2) is 0 Å². The number of aryl methyl sites for hydroxylation is 1. The molecule has 0 saturated heterocycles. The van der Waals surface area contributed by atoms with Crippen LogP contribution in [0.25, 0.3) is 22.4 Å². The van der Waals surface area contributed by atoms with Crippen molar-refractivity contribution in [3.63, 3.8) is 0 Å². The third kappa shape index (κ3) is 2.46. The first-order valence-corrected chi connectivity index (χ1v) is 9.47. The molecule has 27 heavy (non-hydrogen) atoms. The summed E-state index contributed by atoms with van der Waals surface area (Å²) in [6.07, 6.45) is 0. The molecular formula is C21H23N3O2S. The Labute approximate surface area is 164 Å². The molecule has 1 aliphatic heterocycles. The SMILES string of the molecule is CCN1C(=O)C(C)(C)c2cc3nc(-c4ccc(C)c(S)c4OC)[nH]c3cc21. The van der Waals surface area contributed by atoms with Crippen LogP contribution in [0.5, 0.6) is 5.75 Å². The number of H-pyrrole nitrogens is 1. The number of nitrogens with one attached hydrogen (secondary N) is 1. The van der Waals surface area contributed by atoms with Crippen LogP contribution in [0.3, 0.4) is 0 Å². The van der Waals surface area contributed by atoms with Gasteiger partial charge in [0.25, 0.3) is 0 Å². The zero-order valence-corrected chi connectivity index (χ0v) is 17.1. The molecular weight excluding hydrogens is 358 g/mol.